The molecule has 0 spiro atoms. The Bertz CT molecular complexity index is 1190. The van der Waals surface area contributed by atoms with E-state index in [0.29, 0.717) is 19.3 Å². The summed E-state index contributed by atoms with van der Waals surface area (Å²) >= 11 is 0. The third-order valence-electron chi connectivity index (χ3n) is 11.1. The molecule has 0 bridgehead atoms. The number of ether oxygens (including phenoxy) is 3. The first-order valence-corrected chi connectivity index (χ1v) is 26.4. The molecular weight excluding hydrogens is 781 g/mol. The molecule has 0 N–H and O–H groups in total. The minimum absolute atomic E-state index is 0.0901. The second kappa shape index (κ2) is 51.5. The topological polar surface area (TPSA) is 78.9 Å². The zero-order valence-corrected chi connectivity index (χ0v) is 41.3. The molecule has 0 rings (SSSR count). The molecule has 0 aliphatic carbocycles. The molecule has 0 aliphatic heterocycles. The Morgan fingerprint density at radius 1 is 0.317 bits per heavy atom. The van der Waals surface area contributed by atoms with E-state index in [4.69, 9.17) is 14.2 Å². The highest BCUT2D eigenvalue weighted by atomic mass is 16.6. The van der Waals surface area contributed by atoms with Gasteiger partial charge in [-0.3, -0.25) is 14.4 Å². The minimum atomic E-state index is -0.791. The van der Waals surface area contributed by atoms with Crippen molar-refractivity contribution >= 4 is 17.9 Å². The summed E-state index contributed by atoms with van der Waals surface area (Å²) in [7, 11) is 0. The van der Waals surface area contributed by atoms with Gasteiger partial charge in [-0.05, 0) is 109 Å². The number of hydrogen-bond acceptors (Lipinski definition) is 6. The molecule has 63 heavy (non-hydrogen) atoms. The lowest BCUT2D eigenvalue weighted by molar-refractivity contribution is -0.167. The minimum Gasteiger partial charge on any atom is -0.462 e. The Labute approximate surface area is 389 Å². The van der Waals surface area contributed by atoms with E-state index >= 15 is 0 Å². The van der Waals surface area contributed by atoms with Gasteiger partial charge in [-0.25, -0.2) is 0 Å². The lowest BCUT2D eigenvalue weighted by atomic mass is 10.1. The Balaban J connectivity index is 4.43. The smallest absolute Gasteiger partial charge is 0.306 e. The highest BCUT2D eigenvalue weighted by molar-refractivity contribution is 5.71. The van der Waals surface area contributed by atoms with E-state index in [1.165, 1.54) is 83.5 Å². The summed E-state index contributed by atoms with van der Waals surface area (Å²) in [5.41, 5.74) is 0. The molecule has 0 saturated heterocycles. The third-order valence-corrected chi connectivity index (χ3v) is 11.1. The SMILES string of the molecule is CCC/C=C\C/C=C\CCCCCCCC(=O)OCC(COC(=O)CCCCCCCCC/C=C\C/C=C\CCCCC)OC(=O)CCCCCCC/C=C\C/C=C\CCCCC. The van der Waals surface area contributed by atoms with Crippen LogP contribution in [0.3, 0.4) is 0 Å². The average molecular weight is 879 g/mol. The van der Waals surface area contributed by atoms with Crippen LogP contribution in [0.4, 0.5) is 0 Å². The van der Waals surface area contributed by atoms with Gasteiger partial charge in [0.25, 0.3) is 0 Å². The fraction of sp³-hybridized carbons (Fsp3) is 0.737. The summed E-state index contributed by atoms with van der Waals surface area (Å²) in [6.45, 7) is 6.49. The second-order valence-electron chi connectivity index (χ2n) is 17.4. The lowest BCUT2D eigenvalue weighted by Crippen LogP contribution is -2.30. The van der Waals surface area contributed by atoms with E-state index in [0.717, 1.165) is 128 Å². The van der Waals surface area contributed by atoms with Gasteiger partial charge in [0.05, 0.1) is 0 Å². The molecule has 6 heteroatoms. The van der Waals surface area contributed by atoms with E-state index < -0.39 is 6.10 Å². The number of esters is 3. The van der Waals surface area contributed by atoms with Crippen LogP contribution in [0.15, 0.2) is 72.9 Å². The van der Waals surface area contributed by atoms with Crippen molar-refractivity contribution in [3.63, 3.8) is 0 Å². The van der Waals surface area contributed by atoms with Gasteiger partial charge in [0.15, 0.2) is 6.10 Å². The summed E-state index contributed by atoms with van der Waals surface area (Å²) in [5, 5.41) is 0. The number of hydrogen-bond donors (Lipinski definition) is 0. The first kappa shape index (κ1) is 59.9. The predicted molar refractivity (Wildman–Crippen MR) is 270 cm³/mol. The van der Waals surface area contributed by atoms with Crippen molar-refractivity contribution in [3.8, 4) is 0 Å². The maximum atomic E-state index is 12.8. The first-order valence-electron chi connectivity index (χ1n) is 26.4. The van der Waals surface area contributed by atoms with Crippen molar-refractivity contribution < 1.29 is 28.6 Å². The van der Waals surface area contributed by atoms with Crippen LogP contribution in [0.5, 0.6) is 0 Å². The standard InChI is InChI=1S/C57H98O6/c1-4-7-10-13-16-19-22-25-27-28-30-32-35-38-41-44-47-50-56(59)62-53-54(52-61-55(58)49-46-43-40-37-34-31-24-21-18-15-12-9-6-3)63-57(60)51-48-45-42-39-36-33-29-26-23-20-17-14-11-8-5-2/h12,15-17,19-21,24-27,29,54H,4-11,13-14,18,22-23,28,30-53H2,1-3H3/b15-12-,19-16-,20-17-,24-21-,27-25-,29-26-. The molecular formula is C57H98O6. The first-order chi connectivity index (χ1) is 31.0. The second-order valence-corrected chi connectivity index (χ2v) is 17.4. The Morgan fingerprint density at radius 3 is 0.937 bits per heavy atom. The lowest BCUT2D eigenvalue weighted by Gasteiger charge is -2.18. The predicted octanol–water partition coefficient (Wildman–Crippen LogP) is 17.4. The van der Waals surface area contributed by atoms with Crippen molar-refractivity contribution in [1.82, 2.24) is 0 Å². The van der Waals surface area contributed by atoms with Gasteiger partial charge in [0, 0.05) is 19.3 Å². The van der Waals surface area contributed by atoms with Gasteiger partial charge in [-0.15, -0.1) is 0 Å². The molecule has 0 radical (unpaired) electrons. The Morgan fingerprint density at radius 2 is 0.603 bits per heavy atom. The molecule has 1 atom stereocenters. The maximum absolute atomic E-state index is 12.8. The van der Waals surface area contributed by atoms with E-state index in [1.807, 2.05) is 0 Å². The van der Waals surface area contributed by atoms with Crippen LogP contribution in [0.25, 0.3) is 0 Å². The average Bonchev–Trinajstić information content (AvgIpc) is 3.28. The van der Waals surface area contributed by atoms with E-state index in [2.05, 4.69) is 93.7 Å². The van der Waals surface area contributed by atoms with Crippen molar-refractivity contribution in [2.24, 2.45) is 0 Å². The van der Waals surface area contributed by atoms with Crippen LogP contribution in [0, 0.1) is 0 Å². The molecule has 0 aromatic rings. The number of unbranched alkanes of at least 4 members (excludes halogenated alkanes) is 24. The van der Waals surface area contributed by atoms with Gasteiger partial charge in [0.2, 0.25) is 0 Å². The fourth-order valence-corrected chi connectivity index (χ4v) is 7.13. The van der Waals surface area contributed by atoms with Crippen LogP contribution < -0.4 is 0 Å². The van der Waals surface area contributed by atoms with Gasteiger partial charge < -0.3 is 14.2 Å². The van der Waals surface area contributed by atoms with Crippen LogP contribution in [-0.2, 0) is 28.6 Å². The molecule has 0 heterocycles. The van der Waals surface area contributed by atoms with Crippen molar-refractivity contribution in [3.05, 3.63) is 72.9 Å². The zero-order valence-electron chi connectivity index (χ0n) is 41.3. The van der Waals surface area contributed by atoms with Crippen LogP contribution >= 0.6 is 0 Å². The summed E-state index contributed by atoms with van der Waals surface area (Å²) < 4.78 is 16.8. The van der Waals surface area contributed by atoms with Crippen LogP contribution in [0.1, 0.15) is 252 Å². The summed E-state index contributed by atoms with van der Waals surface area (Å²) in [5.74, 6) is -0.924. The molecule has 0 aliphatic rings. The number of rotatable bonds is 47. The highest BCUT2D eigenvalue weighted by Crippen LogP contribution is 2.14. The van der Waals surface area contributed by atoms with E-state index in [1.54, 1.807) is 0 Å². The molecule has 0 aromatic carbocycles. The molecule has 0 aromatic heterocycles. The Kier molecular flexibility index (Phi) is 48.9. The molecule has 0 fully saturated rings. The zero-order chi connectivity index (χ0) is 45.8. The van der Waals surface area contributed by atoms with Crippen molar-refractivity contribution in [1.29, 1.82) is 0 Å². The number of carbonyl (C=O) groups is 3. The van der Waals surface area contributed by atoms with Gasteiger partial charge in [-0.1, -0.05) is 196 Å². The van der Waals surface area contributed by atoms with Crippen LogP contribution in [-0.4, -0.2) is 37.2 Å². The molecule has 1 unspecified atom stereocenters. The van der Waals surface area contributed by atoms with Crippen LogP contribution in [0.2, 0.25) is 0 Å². The van der Waals surface area contributed by atoms with Crippen molar-refractivity contribution in [2.45, 2.75) is 258 Å². The molecule has 0 saturated carbocycles. The molecule has 0 amide bonds. The summed E-state index contributed by atoms with van der Waals surface area (Å²) in [6, 6.07) is 0. The molecule has 6 nitrogen and oxygen atoms in total. The van der Waals surface area contributed by atoms with Gasteiger partial charge >= 0.3 is 17.9 Å². The van der Waals surface area contributed by atoms with Gasteiger partial charge in [-0.2, -0.15) is 0 Å². The fourth-order valence-electron chi connectivity index (χ4n) is 7.13. The van der Waals surface area contributed by atoms with Crippen molar-refractivity contribution in [2.75, 3.05) is 13.2 Å². The number of carbonyl (C=O) groups excluding carboxylic acids is 3. The van der Waals surface area contributed by atoms with Gasteiger partial charge in [0.1, 0.15) is 13.2 Å². The maximum Gasteiger partial charge on any atom is 0.306 e. The third kappa shape index (κ3) is 49.7. The monoisotopic (exact) mass is 879 g/mol. The highest BCUT2D eigenvalue weighted by Gasteiger charge is 2.19. The summed E-state index contributed by atoms with van der Waals surface area (Å²) in [4.78, 5) is 38.0. The van der Waals surface area contributed by atoms with E-state index in [-0.39, 0.29) is 31.1 Å². The number of allylic oxidation sites excluding steroid dienone is 12. The quantitative estimate of drug-likeness (QED) is 0.0262. The molecule has 362 valence electrons. The largest absolute Gasteiger partial charge is 0.462 e. The normalized spacial score (nSPS) is 12.6. The van der Waals surface area contributed by atoms with E-state index in [9.17, 15) is 14.4 Å². The summed E-state index contributed by atoms with van der Waals surface area (Å²) in [6.07, 6.45) is 64.5. The Hall–Kier alpha value is -3.15.